The third kappa shape index (κ3) is 2.09. The SMILES string of the molecule is O=C(O)C1=CC(O)(C(=O)O)CC(C(=O)O)=C1. The summed E-state index contributed by atoms with van der Waals surface area (Å²) in [5.74, 6) is -4.66. The molecule has 0 aromatic rings. The Bertz CT molecular complexity index is 431. The number of carboxylic acids is 3. The standard InChI is InChI=1S/C9H8O7/c10-6(11)4-1-5(7(12)13)3-9(16,2-4)8(14)15/h1-2,16H,3H2,(H,10,11)(H,12,13)(H,14,15). The molecule has 0 saturated carbocycles. The van der Waals surface area contributed by atoms with E-state index < -0.39 is 41.1 Å². The van der Waals surface area contributed by atoms with Crippen LogP contribution in [0, 0.1) is 0 Å². The van der Waals surface area contributed by atoms with E-state index >= 15 is 0 Å². The summed E-state index contributed by atoms with van der Waals surface area (Å²) in [7, 11) is 0. The fourth-order valence-corrected chi connectivity index (χ4v) is 1.28. The second kappa shape index (κ2) is 3.78. The van der Waals surface area contributed by atoms with Crippen molar-refractivity contribution in [3.05, 3.63) is 23.3 Å². The van der Waals surface area contributed by atoms with Crippen molar-refractivity contribution in [3.63, 3.8) is 0 Å². The lowest BCUT2D eigenvalue weighted by Gasteiger charge is -2.23. The van der Waals surface area contributed by atoms with Gasteiger partial charge in [-0.3, -0.25) is 0 Å². The molecule has 4 N–H and O–H groups in total. The molecule has 1 atom stereocenters. The Morgan fingerprint density at radius 1 is 1.12 bits per heavy atom. The van der Waals surface area contributed by atoms with Crippen LogP contribution in [0.5, 0.6) is 0 Å². The number of aliphatic hydroxyl groups is 1. The molecule has 1 rings (SSSR count). The van der Waals surface area contributed by atoms with Crippen LogP contribution in [-0.4, -0.2) is 43.9 Å². The summed E-state index contributed by atoms with van der Waals surface area (Å²) in [6, 6.07) is 0. The molecule has 0 spiro atoms. The Morgan fingerprint density at radius 2 is 1.69 bits per heavy atom. The lowest BCUT2D eigenvalue weighted by atomic mass is 9.86. The number of carboxylic acid groups (broad SMARTS) is 3. The average Bonchev–Trinajstić information content (AvgIpc) is 2.16. The minimum atomic E-state index is -2.49. The smallest absolute Gasteiger partial charge is 0.340 e. The van der Waals surface area contributed by atoms with Crippen LogP contribution in [0.25, 0.3) is 0 Å². The number of carbonyl (C=O) groups is 3. The van der Waals surface area contributed by atoms with E-state index in [0.29, 0.717) is 6.08 Å². The van der Waals surface area contributed by atoms with Gasteiger partial charge in [0.05, 0.1) is 5.57 Å². The van der Waals surface area contributed by atoms with Gasteiger partial charge in [0.1, 0.15) is 0 Å². The molecule has 16 heavy (non-hydrogen) atoms. The molecule has 0 saturated heterocycles. The molecule has 7 nitrogen and oxygen atoms in total. The van der Waals surface area contributed by atoms with Gasteiger partial charge in [-0.05, 0) is 12.2 Å². The summed E-state index contributed by atoms with van der Waals surface area (Å²) < 4.78 is 0. The van der Waals surface area contributed by atoms with Crippen LogP contribution < -0.4 is 0 Å². The van der Waals surface area contributed by atoms with Crippen LogP contribution in [0.2, 0.25) is 0 Å². The van der Waals surface area contributed by atoms with Crippen molar-refractivity contribution in [1.82, 2.24) is 0 Å². The van der Waals surface area contributed by atoms with E-state index in [9.17, 15) is 19.5 Å². The van der Waals surface area contributed by atoms with Gasteiger partial charge in [-0.1, -0.05) is 0 Å². The normalized spacial score (nSPS) is 24.3. The lowest BCUT2D eigenvalue weighted by molar-refractivity contribution is -0.153. The summed E-state index contributed by atoms with van der Waals surface area (Å²) in [4.78, 5) is 32.0. The fourth-order valence-electron chi connectivity index (χ4n) is 1.28. The highest BCUT2D eigenvalue weighted by Gasteiger charge is 2.40. The van der Waals surface area contributed by atoms with Gasteiger partial charge in [0.2, 0.25) is 0 Å². The van der Waals surface area contributed by atoms with Crippen LogP contribution in [0.15, 0.2) is 23.3 Å². The van der Waals surface area contributed by atoms with E-state index in [1.807, 2.05) is 0 Å². The molecule has 0 bridgehead atoms. The predicted molar refractivity (Wildman–Crippen MR) is 48.6 cm³/mol. The first-order chi connectivity index (χ1) is 7.26. The van der Waals surface area contributed by atoms with E-state index in [2.05, 4.69) is 0 Å². The van der Waals surface area contributed by atoms with Gasteiger partial charge in [-0.15, -0.1) is 0 Å². The van der Waals surface area contributed by atoms with Gasteiger partial charge in [-0.2, -0.15) is 0 Å². The predicted octanol–water partition coefficient (Wildman–Crippen LogP) is -0.772. The second-order valence-corrected chi connectivity index (χ2v) is 3.29. The molecular weight excluding hydrogens is 220 g/mol. The largest absolute Gasteiger partial charge is 0.479 e. The number of aliphatic carboxylic acids is 3. The van der Waals surface area contributed by atoms with E-state index in [-0.39, 0.29) is 0 Å². The Kier molecular flexibility index (Phi) is 2.82. The van der Waals surface area contributed by atoms with Gasteiger partial charge in [-0.25, -0.2) is 14.4 Å². The van der Waals surface area contributed by atoms with Crippen molar-refractivity contribution in [2.75, 3.05) is 0 Å². The molecular formula is C9H8O7. The molecule has 0 radical (unpaired) electrons. The van der Waals surface area contributed by atoms with Gasteiger partial charge < -0.3 is 20.4 Å². The molecule has 0 fully saturated rings. The highest BCUT2D eigenvalue weighted by molar-refractivity contribution is 5.98. The Balaban J connectivity index is 3.25. The Morgan fingerprint density at radius 3 is 2.06 bits per heavy atom. The minimum Gasteiger partial charge on any atom is -0.479 e. The highest BCUT2D eigenvalue weighted by Crippen LogP contribution is 2.27. The maximum Gasteiger partial charge on any atom is 0.340 e. The zero-order chi connectivity index (χ0) is 12.5. The lowest BCUT2D eigenvalue weighted by Crippen LogP contribution is -2.40. The summed E-state index contributed by atoms with van der Waals surface area (Å²) >= 11 is 0. The van der Waals surface area contributed by atoms with E-state index in [1.165, 1.54) is 0 Å². The summed E-state index contributed by atoms with van der Waals surface area (Å²) in [6.07, 6.45) is 0.765. The first-order valence-corrected chi connectivity index (χ1v) is 4.12. The number of rotatable bonds is 3. The first kappa shape index (κ1) is 11.9. The van der Waals surface area contributed by atoms with Crippen molar-refractivity contribution >= 4 is 17.9 Å². The average molecular weight is 228 g/mol. The maximum absolute atomic E-state index is 10.7. The van der Waals surface area contributed by atoms with Gasteiger partial charge in [0, 0.05) is 12.0 Å². The maximum atomic E-state index is 10.7. The zero-order valence-electron chi connectivity index (χ0n) is 7.88. The number of hydrogen-bond donors (Lipinski definition) is 4. The van der Waals surface area contributed by atoms with Gasteiger partial charge >= 0.3 is 17.9 Å². The fraction of sp³-hybridized carbons (Fsp3) is 0.222. The third-order valence-electron chi connectivity index (χ3n) is 2.08. The van der Waals surface area contributed by atoms with Crippen LogP contribution in [0.3, 0.4) is 0 Å². The second-order valence-electron chi connectivity index (χ2n) is 3.29. The molecule has 86 valence electrons. The van der Waals surface area contributed by atoms with Crippen molar-refractivity contribution < 1.29 is 34.8 Å². The van der Waals surface area contributed by atoms with E-state index in [1.54, 1.807) is 0 Å². The van der Waals surface area contributed by atoms with Crippen molar-refractivity contribution in [2.45, 2.75) is 12.0 Å². The molecule has 0 amide bonds. The Labute approximate surface area is 88.9 Å². The van der Waals surface area contributed by atoms with Gasteiger partial charge in [0.25, 0.3) is 0 Å². The van der Waals surface area contributed by atoms with E-state index in [4.69, 9.17) is 15.3 Å². The number of hydrogen-bond acceptors (Lipinski definition) is 4. The Hall–Kier alpha value is -2.15. The molecule has 1 aliphatic carbocycles. The van der Waals surface area contributed by atoms with Crippen LogP contribution in [0.4, 0.5) is 0 Å². The monoisotopic (exact) mass is 228 g/mol. The molecule has 0 heterocycles. The summed E-state index contributed by atoms with van der Waals surface area (Å²) in [5, 5.41) is 35.5. The van der Waals surface area contributed by atoms with E-state index in [0.717, 1.165) is 6.08 Å². The summed E-state index contributed by atoms with van der Waals surface area (Å²) in [5.41, 5.74) is -3.52. The van der Waals surface area contributed by atoms with Crippen LogP contribution in [0.1, 0.15) is 6.42 Å². The summed E-state index contributed by atoms with van der Waals surface area (Å²) in [6.45, 7) is 0. The third-order valence-corrected chi connectivity index (χ3v) is 2.08. The molecule has 1 unspecified atom stereocenters. The molecule has 1 aliphatic rings. The van der Waals surface area contributed by atoms with Crippen LogP contribution >= 0.6 is 0 Å². The highest BCUT2D eigenvalue weighted by atomic mass is 16.4. The molecule has 0 aromatic carbocycles. The van der Waals surface area contributed by atoms with Crippen molar-refractivity contribution in [1.29, 1.82) is 0 Å². The topological polar surface area (TPSA) is 132 Å². The molecule has 7 heteroatoms. The van der Waals surface area contributed by atoms with Crippen LogP contribution in [-0.2, 0) is 14.4 Å². The van der Waals surface area contributed by atoms with Gasteiger partial charge in [0.15, 0.2) is 5.60 Å². The first-order valence-electron chi connectivity index (χ1n) is 4.12. The quantitative estimate of drug-likeness (QED) is 0.498. The van der Waals surface area contributed by atoms with Crippen molar-refractivity contribution in [2.24, 2.45) is 0 Å². The minimum absolute atomic E-state index is 0.468. The molecule has 0 aromatic heterocycles. The zero-order valence-corrected chi connectivity index (χ0v) is 7.88. The molecule has 0 aliphatic heterocycles. The van der Waals surface area contributed by atoms with Crippen molar-refractivity contribution in [3.8, 4) is 0 Å².